The number of esters is 1. The lowest BCUT2D eigenvalue weighted by Crippen LogP contribution is -2.46. The van der Waals surface area contributed by atoms with Crippen LogP contribution in [0.4, 0.5) is 0 Å². The number of rotatable bonds is 3. The largest absolute Gasteiger partial charge is 0.432 e. The summed E-state index contributed by atoms with van der Waals surface area (Å²) in [6, 6.07) is 9.08. The summed E-state index contributed by atoms with van der Waals surface area (Å²) in [6.07, 6.45) is 0.658. The maximum Gasteiger partial charge on any atom is 0.340 e. The molecule has 0 saturated carbocycles. The minimum Gasteiger partial charge on any atom is -0.432 e. The van der Waals surface area contributed by atoms with Gasteiger partial charge in [0.1, 0.15) is 0 Å². The summed E-state index contributed by atoms with van der Waals surface area (Å²) in [6.45, 7) is 8.63. The molecule has 110 valence electrons. The summed E-state index contributed by atoms with van der Waals surface area (Å²) in [7, 11) is 0. The van der Waals surface area contributed by atoms with E-state index < -0.39 is 6.29 Å². The summed E-state index contributed by atoms with van der Waals surface area (Å²) in [5.74, 6) is 0.864. The van der Waals surface area contributed by atoms with Crippen LogP contribution in [0.5, 0.6) is 0 Å². The predicted octanol–water partition coefficient (Wildman–Crippen LogP) is 3.89. The van der Waals surface area contributed by atoms with Gasteiger partial charge in [-0.2, -0.15) is 0 Å². The fourth-order valence-corrected chi connectivity index (χ4v) is 2.84. The summed E-state index contributed by atoms with van der Waals surface area (Å²) < 4.78 is 11.6. The van der Waals surface area contributed by atoms with Gasteiger partial charge in [0.2, 0.25) is 6.29 Å². The smallest absolute Gasteiger partial charge is 0.340 e. The van der Waals surface area contributed by atoms with Crippen molar-refractivity contribution in [3.63, 3.8) is 0 Å². The molecular weight excluding hydrogens is 252 g/mol. The van der Waals surface area contributed by atoms with Gasteiger partial charge >= 0.3 is 5.97 Å². The Morgan fingerprint density at radius 2 is 1.75 bits per heavy atom. The third-order valence-electron chi connectivity index (χ3n) is 4.62. The van der Waals surface area contributed by atoms with Gasteiger partial charge in [-0.1, -0.05) is 45.9 Å². The van der Waals surface area contributed by atoms with Crippen LogP contribution in [0.15, 0.2) is 30.3 Å². The number of hydrogen-bond acceptors (Lipinski definition) is 3. The van der Waals surface area contributed by atoms with Crippen LogP contribution in [0, 0.1) is 17.8 Å². The third-order valence-corrected chi connectivity index (χ3v) is 4.62. The molecule has 0 spiro atoms. The number of hydrogen-bond donors (Lipinski definition) is 0. The first kappa shape index (κ1) is 15.0. The molecule has 0 radical (unpaired) electrons. The molecule has 1 aromatic carbocycles. The Morgan fingerprint density at radius 1 is 1.10 bits per heavy atom. The van der Waals surface area contributed by atoms with Crippen LogP contribution >= 0.6 is 0 Å². The Labute approximate surface area is 121 Å². The summed E-state index contributed by atoms with van der Waals surface area (Å²) >= 11 is 0. The summed E-state index contributed by atoms with van der Waals surface area (Å²) in [5, 5.41) is 0. The average molecular weight is 276 g/mol. The minimum atomic E-state index is -0.446. The Morgan fingerprint density at radius 3 is 2.35 bits per heavy atom. The number of ether oxygens (including phenoxy) is 2. The van der Waals surface area contributed by atoms with E-state index in [1.165, 1.54) is 0 Å². The standard InChI is InChI=1S/C17H24O3/c1-5-15-12(3)11(2)13(4)17(19-15)20-16(18)14-9-7-6-8-10-14/h6-13,15,17H,5H2,1-4H3/t11-,12-,13?,15?,17-/m0/s1. The highest BCUT2D eigenvalue weighted by Crippen LogP contribution is 2.36. The molecule has 1 aliphatic rings. The molecule has 0 bridgehead atoms. The molecule has 0 N–H and O–H groups in total. The Bertz CT molecular complexity index is 441. The fourth-order valence-electron chi connectivity index (χ4n) is 2.84. The van der Waals surface area contributed by atoms with Gasteiger partial charge in [-0.25, -0.2) is 4.79 Å². The molecule has 1 heterocycles. The molecule has 5 atom stereocenters. The van der Waals surface area contributed by atoms with Crippen molar-refractivity contribution >= 4 is 5.97 Å². The maximum atomic E-state index is 12.1. The van der Waals surface area contributed by atoms with Gasteiger partial charge in [-0.15, -0.1) is 0 Å². The highest BCUT2D eigenvalue weighted by Gasteiger charge is 2.40. The number of benzene rings is 1. The van der Waals surface area contributed by atoms with E-state index in [4.69, 9.17) is 9.47 Å². The molecule has 2 unspecified atom stereocenters. The van der Waals surface area contributed by atoms with Crippen molar-refractivity contribution in [2.45, 2.75) is 46.5 Å². The lowest BCUT2D eigenvalue weighted by Gasteiger charge is -2.42. The quantitative estimate of drug-likeness (QED) is 0.786. The van der Waals surface area contributed by atoms with Gasteiger partial charge in [0.15, 0.2) is 0 Å². The molecule has 1 aromatic rings. The molecule has 1 fully saturated rings. The van der Waals surface area contributed by atoms with Gasteiger partial charge < -0.3 is 9.47 Å². The first-order valence-electron chi connectivity index (χ1n) is 7.46. The normalized spacial score (nSPS) is 33.7. The summed E-state index contributed by atoms with van der Waals surface area (Å²) in [5.41, 5.74) is 0.572. The first-order chi connectivity index (χ1) is 9.54. The lowest BCUT2D eigenvalue weighted by molar-refractivity contribution is -0.224. The molecule has 1 saturated heterocycles. The van der Waals surface area contributed by atoms with Crippen LogP contribution in [0.2, 0.25) is 0 Å². The number of carbonyl (C=O) groups is 1. The zero-order valence-corrected chi connectivity index (χ0v) is 12.7. The van der Waals surface area contributed by atoms with Crippen molar-refractivity contribution < 1.29 is 14.3 Å². The topological polar surface area (TPSA) is 35.5 Å². The van der Waals surface area contributed by atoms with E-state index in [0.29, 0.717) is 17.4 Å². The molecule has 2 rings (SSSR count). The third kappa shape index (κ3) is 3.04. The highest BCUT2D eigenvalue weighted by molar-refractivity contribution is 5.89. The van der Waals surface area contributed by atoms with E-state index in [1.54, 1.807) is 12.1 Å². The van der Waals surface area contributed by atoms with E-state index in [1.807, 2.05) is 18.2 Å². The Balaban J connectivity index is 2.06. The lowest BCUT2D eigenvalue weighted by atomic mass is 9.78. The monoisotopic (exact) mass is 276 g/mol. The van der Waals surface area contributed by atoms with Crippen LogP contribution in [-0.2, 0) is 9.47 Å². The van der Waals surface area contributed by atoms with E-state index >= 15 is 0 Å². The molecule has 3 nitrogen and oxygen atoms in total. The first-order valence-corrected chi connectivity index (χ1v) is 7.46. The van der Waals surface area contributed by atoms with Gasteiger partial charge in [0.05, 0.1) is 11.7 Å². The van der Waals surface area contributed by atoms with Crippen LogP contribution in [0.1, 0.15) is 44.5 Å². The summed E-state index contributed by atoms with van der Waals surface area (Å²) in [4.78, 5) is 12.1. The van der Waals surface area contributed by atoms with Crippen LogP contribution < -0.4 is 0 Å². The minimum absolute atomic E-state index is 0.162. The van der Waals surface area contributed by atoms with E-state index in [-0.39, 0.29) is 18.0 Å². The average Bonchev–Trinajstić information content (AvgIpc) is 2.48. The fraction of sp³-hybridized carbons (Fsp3) is 0.588. The SMILES string of the molecule is CCC1O[C@@H](OC(=O)c2ccccc2)C(C)[C@@H](C)[C@@H]1C. The Hall–Kier alpha value is -1.35. The Kier molecular flexibility index (Phi) is 4.81. The van der Waals surface area contributed by atoms with Gasteiger partial charge in [-0.05, 0) is 30.4 Å². The number of carbonyl (C=O) groups excluding carboxylic acids is 1. The molecule has 0 aliphatic carbocycles. The zero-order valence-electron chi connectivity index (χ0n) is 12.7. The predicted molar refractivity (Wildman–Crippen MR) is 78.3 cm³/mol. The van der Waals surface area contributed by atoms with Crippen molar-refractivity contribution in [1.82, 2.24) is 0 Å². The van der Waals surface area contributed by atoms with E-state index in [9.17, 15) is 4.79 Å². The second-order valence-electron chi connectivity index (χ2n) is 5.80. The molecule has 0 amide bonds. The van der Waals surface area contributed by atoms with Crippen molar-refractivity contribution in [1.29, 1.82) is 0 Å². The second-order valence-corrected chi connectivity index (χ2v) is 5.80. The zero-order chi connectivity index (χ0) is 14.7. The van der Waals surface area contributed by atoms with Crippen molar-refractivity contribution in [3.8, 4) is 0 Å². The maximum absolute atomic E-state index is 12.1. The molecule has 0 aromatic heterocycles. The van der Waals surface area contributed by atoms with Gasteiger partial charge in [0, 0.05) is 5.92 Å². The second kappa shape index (κ2) is 6.40. The van der Waals surface area contributed by atoms with E-state index in [0.717, 1.165) is 6.42 Å². The van der Waals surface area contributed by atoms with Gasteiger partial charge in [-0.3, -0.25) is 0 Å². The van der Waals surface area contributed by atoms with Crippen LogP contribution in [-0.4, -0.2) is 18.4 Å². The van der Waals surface area contributed by atoms with Gasteiger partial charge in [0.25, 0.3) is 0 Å². The molecule has 1 aliphatic heterocycles. The van der Waals surface area contributed by atoms with Crippen LogP contribution in [0.25, 0.3) is 0 Å². The molecular formula is C17H24O3. The van der Waals surface area contributed by atoms with Crippen molar-refractivity contribution in [3.05, 3.63) is 35.9 Å². The highest BCUT2D eigenvalue weighted by atomic mass is 16.7. The van der Waals surface area contributed by atoms with Crippen molar-refractivity contribution in [2.75, 3.05) is 0 Å². The van der Waals surface area contributed by atoms with Crippen molar-refractivity contribution in [2.24, 2.45) is 17.8 Å². The van der Waals surface area contributed by atoms with E-state index in [2.05, 4.69) is 27.7 Å². The van der Waals surface area contributed by atoms with Crippen LogP contribution in [0.3, 0.4) is 0 Å². The molecule has 3 heteroatoms. The molecule has 20 heavy (non-hydrogen) atoms.